The largest absolute Gasteiger partial charge is 0.356 e. The van der Waals surface area contributed by atoms with Crippen molar-refractivity contribution in [1.82, 2.24) is 15.6 Å². The molecule has 0 radical (unpaired) electrons. The first kappa shape index (κ1) is 15.1. The fourth-order valence-electron chi connectivity index (χ4n) is 4.01. The summed E-state index contributed by atoms with van der Waals surface area (Å²) in [6.07, 6.45) is 6.43. The van der Waals surface area contributed by atoms with Crippen molar-refractivity contribution >= 4 is 27.5 Å². The summed E-state index contributed by atoms with van der Waals surface area (Å²) in [5.74, 6) is 0.772. The van der Waals surface area contributed by atoms with Crippen LogP contribution in [0, 0.1) is 5.92 Å². The van der Waals surface area contributed by atoms with Crippen LogP contribution < -0.4 is 10.6 Å². The van der Waals surface area contributed by atoms with Crippen molar-refractivity contribution in [3.05, 3.63) is 29.3 Å². The molecule has 2 aliphatic heterocycles. The quantitative estimate of drug-likeness (QED) is 0.887. The normalized spacial score (nSPS) is 26.5. The third-order valence-corrected chi connectivity index (χ3v) is 6.14. The maximum absolute atomic E-state index is 12.2. The minimum atomic E-state index is 0.206. The number of carbonyl (C=O) groups is 1. The highest BCUT2D eigenvalue weighted by Gasteiger charge is 2.34. The Kier molecular flexibility index (Phi) is 4.31. The molecule has 5 heteroatoms. The number of para-hydroxylation sites is 1. The van der Waals surface area contributed by atoms with Crippen molar-refractivity contribution in [3.63, 3.8) is 0 Å². The molecule has 2 bridgehead atoms. The summed E-state index contributed by atoms with van der Waals surface area (Å²) in [6.45, 7) is 0.691. The maximum atomic E-state index is 12.2. The van der Waals surface area contributed by atoms with Crippen LogP contribution in [0.5, 0.6) is 0 Å². The minimum absolute atomic E-state index is 0.206. The number of benzene rings is 1. The van der Waals surface area contributed by atoms with E-state index in [-0.39, 0.29) is 5.91 Å². The van der Waals surface area contributed by atoms with Gasteiger partial charge in [0.05, 0.1) is 15.2 Å². The van der Waals surface area contributed by atoms with Gasteiger partial charge in [-0.3, -0.25) is 4.79 Å². The number of piperidine rings is 1. The maximum Gasteiger partial charge on any atom is 0.220 e. The van der Waals surface area contributed by atoms with Crippen molar-refractivity contribution in [3.8, 4) is 0 Å². The van der Waals surface area contributed by atoms with E-state index in [9.17, 15) is 4.79 Å². The molecule has 122 valence electrons. The number of fused-ring (bicyclic) bond motifs is 3. The zero-order chi connectivity index (χ0) is 15.6. The van der Waals surface area contributed by atoms with Crippen LogP contribution in [-0.2, 0) is 11.2 Å². The molecule has 2 N–H and O–H groups in total. The van der Waals surface area contributed by atoms with Gasteiger partial charge < -0.3 is 10.6 Å². The van der Waals surface area contributed by atoms with E-state index in [1.165, 1.54) is 30.4 Å². The summed E-state index contributed by atoms with van der Waals surface area (Å²) in [5, 5.41) is 7.82. The molecule has 2 unspecified atom stereocenters. The number of nitrogens with one attached hydrogen (secondary N) is 2. The number of aromatic nitrogens is 1. The second-order valence-corrected chi connectivity index (χ2v) is 7.97. The fraction of sp³-hybridized carbons (Fsp3) is 0.556. The van der Waals surface area contributed by atoms with Gasteiger partial charge in [-0.1, -0.05) is 12.1 Å². The standard InChI is InChI=1S/C18H23N3OS/c22-17(11-12-9-13-5-6-14(10-12)20-13)19-8-7-18-21-15-3-1-2-4-16(15)23-18/h1-4,12-14,20H,5-11H2,(H,19,22). The monoisotopic (exact) mass is 329 g/mol. The van der Waals surface area contributed by atoms with Gasteiger partial charge in [0, 0.05) is 31.5 Å². The van der Waals surface area contributed by atoms with Gasteiger partial charge in [0.25, 0.3) is 0 Å². The van der Waals surface area contributed by atoms with E-state index in [0.29, 0.717) is 31.0 Å². The van der Waals surface area contributed by atoms with Gasteiger partial charge in [-0.15, -0.1) is 11.3 Å². The predicted octanol–water partition coefficient (Wildman–Crippen LogP) is 2.88. The third kappa shape index (κ3) is 3.56. The SMILES string of the molecule is O=C(CC1CC2CCC(C1)N2)NCCc1nc2ccccc2s1. The zero-order valence-corrected chi connectivity index (χ0v) is 14.1. The first-order chi connectivity index (χ1) is 11.3. The number of rotatable bonds is 5. The van der Waals surface area contributed by atoms with Gasteiger partial charge in [0.2, 0.25) is 5.91 Å². The summed E-state index contributed by atoms with van der Waals surface area (Å²) >= 11 is 1.72. The first-order valence-corrected chi connectivity index (χ1v) is 9.45. The number of nitrogens with zero attached hydrogens (tertiary/aromatic N) is 1. The minimum Gasteiger partial charge on any atom is -0.356 e. The van der Waals surface area contributed by atoms with Crippen molar-refractivity contribution in [1.29, 1.82) is 0 Å². The lowest BCUT2D eigenvalue weighted by Gasteiger charge is -2.28. The molecule has 23 heavy (non-hydrogen) atoms. The van der Waals surface area contributed by atoms with Crippen molar-refractivity contribution in [2.75, 3.05) is 6.54 Å². The van der Waals surface area contributed by atoms with Crippen LogP contribution in [0.1, 0.15) is 37.1 Å². The average molecular weight is 329 g/mol. The molecule has 0 spiro atoms. The molecule has 2 aromatic rings. The van der Waals surface area contributed by atoms with Gasteiger partial charge in [0.1, 0.15) is 0 Å². The number of amides is 1. The Hall–Kier alpha value is -1.46. The van der Waals surface area contributed by atoms with Gasteiger partial charge in [-0.2, -0.15) is 0 Å². The van der Waals surface area contributed by atoms with E-state index in [1.54, 1.807) is 11.3 Å². The molecule has 1 aromatic carbocycles. The van der Waals surface area contributed by atoms with Gasteiger partial charge in [-0.25, -0.2) is 4.98 Å². The van der Waals surface area contributed by atoms with E-state index in [4.69, 9.17) is 0 Å². The molecule has 2 saturated heterocycles. The van der Waals surface area contributed by atoms with Crippen LogP contribution in [0.2, 0.25) is 0 Å². The third-order valence-electron chi connectivity index (χ3n) is 5.04. The lowest BCUT2D eigenvalue weighted by Crippen LogP contribution is -2.39. The summed E-state index contributed by atoms with van der Waals surface area (Å²) < 4.78 is 1.22. The van der Waals surface area contributed by atoms with E-state index < -0.39 is 0 Å². The van der Waals surface area contributed by atoms with Crippen LogP contribution >= 0.6 is 11.3 Å². The second-order valence-electron chi connectivity index (χ2n) is 6.85. The number of thiazole rings is 1. The van der Waals surface area contributed by atoms with E-state index in [1.807, 2.05) is 18.2 Å². The lowest BCUT2D eigenvalue weighted by molar-refractivity contribution is -0.122. The summed E-state index contributed by atoms with van der Waals surface area (Å²) in [4.78, 5) is 16.8. The highest BCUT2D eigenvalue weighted by Crippen LogP contribution is 2.32. The number of hydrogen-bond acceptors (Lipinski definition) is 4. The van der Waals surface area contributed by atoms with E-state index in [0.717, 1.165) is 16.9 Å². The predicted molar refractivity (Wildman–Crippen MR) is 93.6 cm³/mol. The van der Waals surface area contributed by atoms with Crippen molar-refractivity contribution in [2.45, 2.75) is 50.6 Å². The molecule has 1 amide bonds. The van der Waals surface area contributed by atoms with Crippen LogP contribution in [0.4, 0.5) is 0 Å². The highest BCUT2D eigenvalue weighted by atomic mass is 32.1. The van der Waals surface area contributed by atoms with Gasteiger partial charge in [-0.05, 0) is 43.7 Å². The topological polar surface area (TPSA) is 54.0 Å². The fourth-order valence-corrected chi connectivity index (χ4v) is 4.98. The Morgan fingerprint density at radius 1 is 1.26 bits per heavy atom. The summed E-state index contributed by atoms with van der Waals surface area (Å²) in [5.41, 5.74) is 1.06. The second kappa shape index (κ2) is 6.57. The molecule has 1 aromatic heterocycles. The van der Waals surface area contributed by atoms with Crippen LogP contribution in [-0.4, -0.2) is 29.5 Å². The molecular formula is C18H23N3OS. The molecule has 2 aliphatic rings. The molecule has 2 atom stereocenters. The molecule has 3 heterocycles. The van der Waals surface area contributed by atoms with Crippen LogP contribution in [0.25, 0.3) is 10.2 Å². The zero-order valence-electron chi connectivity index (χ0n) is 13.3. The Labute approximate surface area is 140 Å². The molecule has 2 fully saturated rings. The molecule has 4 nitrogen and oxygen atoms in total. The smallest absolute Gasteiger partial charge is 0.220 e. The van der Waals surface area contributed by atoms with Gasteiger partial charge in [0.15, 0.2) is 0 Å². The molecule has 4 rings (SSSR count). The lowest BCUT2D eigenvalue weighted by atomic mass is 9.89. The Balaban J connectivity index is 1.23. The van der Waals surface area contributed by atoms with Crippen LogP contribution in [0.3, 0.4) is 0 Å². The summed E-state index contributed by atoms with van der Waals surface area (Å²) in [6, 6.07) is 9.52. The highest BCUT2D eigenvalue weighted by molar-refractivity contribution is 7.18. The Morgan fingerprint density at radius 2 is 2.04 bits per heavy atom. The van der Waals surface area contributed by atoms with E-state index in [2.05, 4.69) is 21.7 Å². The van der Waals surface area contributed by atoms with Crippen LogP contribution in [0.15, 0.2) is 24.3 Å². The van der Waals surface area contributed by atoms with Crippen molar-refractivity contribution < 1.29 is 4.79 Å². The summed E-state index contributed by atoms with van der Waals surface area (Å²) in [7, 11) is 0. The van der Waals surface area contributed by atoms with E-state index >= 15 is 0 Å². The number of hydrogen-bond donors (Lipinski definition) is 2. The Morgan fingerprint density at radius 3 is 2.83 bits per heavy atom. The molecule has 0 aliphatic carbocycles. The molecular weight excluding hydrogens is 306 g/mol. The molecule has 0 saturated carbocycles. The van der Waals surface area contributed by atoms with Gasteiger partial charge >= 0.3 is 0 Å². The average Bonchev–Trinajstić information content (AvgIpc) is 3.09. The Bertz CT molecular complexity index is 653. The van der Waals surface area contributed by atoms with Crippen molar-refractivity contribution in [2.24, 2.45) is 5.92 Å². The number of carbonyl (C=O) groups excluding carboxylic acids is 1. The first-order valence-electron chi connectivity index (χ1n) is 8.63.